The molecule has 260 valence electrons. The van der Waals surface area contributed by atoms with Gasteiger partial charge in [0, 0.05) is 28.4 Å². The molecule has 2 aliphatic rings. The Balaban J connectivity index is 0.000000209. The van der Waals surface area contributed by atoms with E-state index in [4.69, 9.17) is 35.0 Å². The number of aliphatic carboxylic acids is 2. The highest BCUT2D eigenvalue weighted by molar-refractivity contribution is 7.99. The number of hydrogen-bond acceptors (Lipinski definition) is 10. The Morgan fingerprint density at radius 1 is 0.917 bits per heavy atom. The molecule has 3 aromatic carbocycles. The number of aliphatic hydroxyl groups is 2. The Morgan fingerprint density at radius 2 is 1.44 bits per heavy atom. The molecule has 13 heteroatoms. The summed E-state index contributed by atoms with van der Waals surface area (Å²) in [5.41, 5.74) is 3.52. The van der Waals surface area contributed by atoms with Crippen LogP contribution < -0.4 is 14.4 Å². The number of aromatic carboxylic acids is 1. The van der Waals surface area contributed by atoms with E-state index < -0.39 is 30.1 Å². The lowest BCUT2D eigenvalue weighted by atomic mass is 9.92. The Morgan fingerprint density at radius 3 is 1.90 bits per heavy atom. The summed E-state index contributed by atoms with van der Waals surface area (Å²) in [6.45, 7) is 8.52. The van der Waals surface area contributed by atoms with Crippen LogP contribution in [0.4, 0.5) is 11.4 Å². The first-order valence-electron chi connectivity index (χ1n) is 15.3. The van der Waals surface area contributed by atoms with E-state index in [0.717, 1.165) is 37.2 Å². The molecule has 12 nitrogen and oxygen atoms in total. The van der Waals surface area contributed by atoms with Gasteiger partial charge >= 0.3 is 17.9 Å². The molecular formula is C35H44N2O10S. The summed E-state index contributed by atoms with van der Waals surface area (Å²) in [7, 11) is 5.77. The fraction of sp³-hybridized carbons (Fsp3) is 0.400. The Labute approximate surface area is 284 Å². The zero-order valence-electron chi connectivity index (χ0n) is 27.9. The average Bonchev–Trinajstić information content (AvgIpc) is 3.02. The van der Waals surface area contributed by atoms with Crippen LogP contribution in [-0.2, 0) is 16.0 Å². The molecule has 0 fully saturated rings. The minimum Gasteiger partial charge on any atom is -0.495 e. The van der Waals surface area contributed by atoms with Gasteiger partial charge in [0.15, 0.2) is 12.2 Å². The Bertz CT molecular complexity index is 1530. The van der Waals surface area contributed by atoms with Crippen LogP contribution in [0.2, 0.25) is 0 Å². The molecule has 2 aliphatic heterocycles. The Hall–Kier alpha value is -4.30. The zero-order chi connectivity index (χ0) is 35.8. The number of anilines is 2. The van der Waals surface area contributed by atoms with Gasteiger partial charge in [-0.3, -0.25) is 0 Å². The molecule has 3 unspecified atom stereocenters. The summed E-state index contributed by atoms with van der Waals surface area (Å²) in [6.07, 6.45) is -2.92. The van der Waals surface area contributed by atoms with Crippen LogP contribution in [0.3, 0.4) is 0 Å². The summed E-state index contributed by atoms with van der Waals surface area (Å²) in [5, 5.41) is 41.6. The highest BCUT2D eigenvalue weighted by Gasteiger charge is 2.31. The molecule has 0 saturated heterocycles. The van der Waals surface area contributed by atoms with Crippen molar-refractivity contribution in [3.05, 3.63) is 71.8 Å². The molecule has 48 heavy (non-hydrogen) atoms. The normalized spacial score (nSPS) is 15.7. The van der Waals surface area contributed by atoms with E-state index in [0.29, 0.717) is 11.7 Å². The number of para-hydroxylation sites is 2. The third-order valence-corrected chi connectivity index (χ3v) is 8.65. The van der Waals surface area contributed by atoms with Crippen molar-refractivity contribution in [1.29, 1.82) is 0 Å². The van der Waals surface area contributed by atoms with E-state index in [1.807, 2.05) is 25.6 Å². The maximum atomic E-state index is 11.1. The van der Waals surface area contributed by atoms with Gasteiger partial charge in [0.25, 0.3) is 0 Å². The number of methoxy groups -OCH3 is 1. The van der Waals surface area contributed by atoms with Crippen molar-refractivity contribution >= 4 is 41.0 Å². The minimum absolute atomic E-state index is 0.189. The molecular weight excluding hydrogens is 640 g/mol. The molecule has 3 atom stereocenters. The molecule has 0 saturated carbocycles. The van der Waals surface area contributed by atoms with E-state index in [-0.39, 0.29) is 11.2 Å². The lowest BCUT2D eigenvalue weighted by Crippen LogP contribution is -2.39. The van der Waals surface area contributed by atoms with Crippen molar-refractivity contribution in [2.75, 3.05) is 39.2 Å². The fourth-order valence-electron chi connectivity index (χ4n) is 5.36. The SMILES string of the molecule is CC(CN(C)C)CN1c2ccccc2Sc2ccccc21.COc1c(C(=O)O)ccc2c1CCC(C)(C)O2.O=C(O)C(O)C(O)C(=O)O. The van der Waals surface area contributed by atoms with Gasteiger partial charge in [-0.05, 0) is 83.1 Å². The van der Waals surface area contributed by atoms with Crippen LogP contribution >= 0.6 is 11.8 Å². The number of fused-ring (bicyclic) bond motifs is 3. The van der Waals surface area contributed by atoms with Crippen molar-refractivity contribution in [3.63, 3.8) is 0 Å². The predicted octanol–water partition coefficient (Wildman–Crippen LogP) is 4.86. The van der Waals surface area contributed by atoms with E-state index in [9.17, 15) is 14.4 Å². The van der Waals surface area contributed by atoms with Crippen LogP contribution in [0.1, 0.15) is 43.1 Å². The summed E-state index contributed by atoms with van der Waals surface area (Å²) < 4.78 is 11.0. The number of carboxylic acids is 3. The second-order valence-corrected chi connectivity index (χ2v) is 13.5. The summed E-state index contributed by atoms with van der Waals surface area (Å²) >= 11 is 1.88. The van der Waals surface area contributed by atoms with Gasteiger partial charge < -0.3 is 44.8 Å². The lowest BCUT2D eigenvalue weighted by Gasteiger charge is -2.35. The maximum absolute atomic E-state index is 11.1. The number of carboxylic acid groups (broad SMARTS) is 3. The quantitative estimate of drug-likeness (QED) is 0.207. The summed E-state index contributed by atoms with van der Waals surface area (Å²) in [6, 6.07) is 20.7. The molecule has 2 heterocycles. The predicted molar refractivity (Wildman–Crippen MR) is 182 cm³/mol. The van der Waals surface area contributed by atoms with Gasteiger partial charge in [-0.15, -0.1) is 0 Å². The van der Waals surface area contributed by atoms with E-state index in [1.54, 1.807) is 6.07 Å². The third kappa shape index (κ3) is 9.86. The first-order valence-corrected chi connectivity index (χ1v) is 16.1. The smallest absolute Gasteiger partial charge is 0.339 e. The monoisotopic (exact) mass is 684 g/mol. The standard InChI is InChI=1S/C18H22N2S.C13H16O4.C4H6O6/c1-14(12-19(2)3)13-20-15-8-4-6-10-17(15)21-18-11-7-5-9-16(18)20;1-13(2)7-6-8-10(17-13)5-4-9(12(14)15)11(8)16-3;5-1(3(7)8)2(6)4(9)10/h4-11,14H,12-13H2,1-3H3;4-5H,6-7H2,1-3H3,(H,14,15);1-2,5-6H,(H,7,8)(H,9,10). The van der Waals surface area contributed by atoms with Gasteiger partial charge in [-0.1, -0.05) is 43.0 Å². The van der Waals surface area contributed by atoms with Crippen molar-refractivity contribution in [2.24, 2.45) is 5.92 Å². The number of hydrogen-bond donors (Lipinski definition) is 5. The molecule has 3 aromatic rings. The van der Waals surface area contributed by atoms with Crippen LogP contribution in [0.25, 0.3) is 0 Å². The van der Waals surface area contributed by atoms with Crippen molar-refractivity contribution in [2.45, 2.75) is 61.2 Å². The molecule has 0 amide bonds. The largest absolute Gasteiger partial charge is 0.495 e. The summed E-state index contributed by atoms with van der Waals surface area (Å²) in [4.78, 5) is 38.1. The lowest BCUT2D eigenvalue weighted by molar-refractivity contribution is -0.165. The van der Waals surface area contributed by atoms with Gasteiger partial charge in [-0.2, -0.15) is 0 Å². The minimum atomic E-state index is -2.27. The van der Waals surface area contributed by atoms with Gasteiger partial charge in [-0.25, -0.2) is 14.4 Å². The Kier molecular flexibility index (Phi) is 13.3. The van der Waals surface area contributed by atoms with Crippen LogP contribution in [0, 0.1) is 5.92 Å². The van der Waals surface area contributed by atoms with E-state index in [2.05, 4.69) is 79.3 Å². The first-order chi connectivity index (χ1) is 22.6. The maximum Gasteiger partial charge on any atom is 0.339 e. The number of aliphatic hydroxyl groups excluding tert-OH is 2. The van der Waals surface area contributed by atoms with Gasteiger partial charge in [0.2, 0.25) is 0 Å². The number of carbonyl (C=O) groups is 3. The number of ether oxygens (including phenoxy) is 2. The van der Waals surface area contributed by atoms with Crippen LogP contribution in [0.15, 0.2) is 70.5 Å². The molecule has 5 N–H and O–H groups in total. The average molecular weight is 685 g/mol. The molecule has 0 aromatic heterocycles. The summed E-state index contributed by atoms with van der Waals surface area (Å²) in [5.74, 6) is -2.75. The molecule has 0 bridgehead atoms. The highest BCUT2D eigenvalue weighted by Crippen LogP contribution is 2.48. The van der Waals surface area contributed by atoms with Crippen molar-refractivity contribution < 1.29 is 49.4 Å². The van der Waals surface area contributed by atoms with Crippen LogP contribution in [-0.4, -0.2) is 100 Å². The zero-order valence-corrected chi connectivity index (χ0v) is 28.7. The van der Waals surface area contributed by atoms with Crippen molar-refractivity contribution in [3.8, 4) is 11.5 Å². The third-order valence-electron chi connectivity index (χ3n) is 7.52. The van der Waals surface area contributed by atoms with E-state index >= 15 is 0 Å². The highest BCUT2D eigenvalue weighted by atomic mass is 32.2. The molecule has 0 aliphatic carbocycles. The second-order valence-electron chi connectivity index (χ2n) is 12.4. The van der Waals surface area contributed by atoms with Crippen LogP contribution in [0.5, 0.6) is 11.5 Å². The van der Waals surface area contributed by atoms with Gasteiger partial charge in [0.05, 0.1) is 18.5 Å². The fourth-order valence-corrected chi connectivity index (χ4v) is 6.45. The molecule has 0 radical (unpaired) electrons. The number of nitrogens with zero attached hydrogens (tertiary/aromatic N) is 2. The van der Waals surface area contributed by atoms with E-state index in [1.165, 1.54) is 34.3 Å². The molecule has 0 spiro atoms. The number of rotatable bonds is 9. The topological polar surface area (TPSA) is 177 Å². The van der Waals surface area contributed by atoms with Gasteiger partial charge in [0.1, 0.15) is 22.7 Å². The van der Waals surface area contributed by atoms with Crippen molar-refractivity contribution in [1.82, 2.24) is 4.90 Å². The first kappa shape index (κ1) is 38.2. The second kappa shape index (κ2) is 16.7. The molecule has 5 rings (SSSR count). The number of benzene rings is 3.